The Labute approximate surface area is 133 Å². The van der Waals surface area contributed by atoms with Crippen LogP contribution in [-0.4, -0.2) is 29.6 Å². The number of rotatable bonds is 3. The van der Waals surface area contributed by atoms with Gasteiger partial charge in [-0.2, -0.15) is 0 Å². The highest BCUT2D eigenvalue weighted by Crippen LogP contribution is 2.47. The van der Waals surface area contributed by atoms with Gasteiger partial charge in [0.25, 0.3) is 0 Å². The molecule has 1 saturated carbocycles. The summed E-state index contributed by atoms with van der Waals surface area (Å²) in [7, 11) is 0. The first-order valence-corrected chi connectivity index (χ1v) is 8.93. The van der Waals surface area contributed by atoms with Gasteiger partial charge >= 0.3 is 0 Å². The summed E-state index contributed by atoms with van der Waals surface area (Å²) in [5.41, 5.74) is 1.61. The van der Waals surface area contributed by atoms with Crippen LogP contribution in [0.4, 0.5) is 0 Å². The molecule has 3 aliphatic rings. The Morgan fingerprint density at radius 2 is 2.14 bits per heavy atom. The number of phenolic OH excluding ortho intramolecular Hbond substituents is 1. The number of fused-ring (bicyclic) bond motifs is 1. The van der Waals surface area contributed by atoms with E-state index in [0.717, 1.165) is 12.3 Å². The summed E-state index contributed by atoms with van der Waals surface area (Å²) in [6.07, 6.45) is 12.6. The first-order chi connectivity index (χ1) is 10.8. The van der Waals surface area contributed by atoms with Gasteiger partial charge in [-0.25, -0.2) is 0 Å². The fourth-order valence-electron chi connectivity index (χ4n) is 4.78. The smallest absolute Gasteiger partial charge is 0.115 e. The maximum Gasteiger partial charge on any atom is 0.115 e. The molecule has 0 aromatic heterocycles. The van der Waals surface area contributed by atoms with Crippen LogP contribution in [0.25, 0.3) is 0 Å². The molecule has 0 amide bonds. The minimum absolute atomic E-state index is 0.254. The van der Waals surface area contributed by atoms with E-state index >= 15 is 0 Å². The van der Waals surface area contributed by atoms with Gasteiger partial charge in [-0.15, -0.1) is 0 Å². The number of hydrogen-bond donors (Lipinski definition) is 1. The summed E-state index contributed by atoms with van der Waals surface area (Å²) in [5.74, 6) is 2.08. The molecular weight excluding hydrogens is 270 g/mol. The Balaban J connectivity index is 1.56. The molecule has 0 radical (unpaired) electrons. The molecule has 118 valence electrons. The van der Waals surface area contributed by atoms with Gasteiger partial charge in [0.1, 0.15) is 5.75 Å². The first kappa shape index (κ1) is 14.3. The molecule has 1 saturated heterocycles. The van der Waals surface area contributed by atoms with Crippen molar-refractivity contribution >= 4 is 0 Å². The van der Waals surface area contributed by atoms with Gasteiger partial charge in [0.2, 0.25) is 0 Å². The third kappa shape index (κ3) is 2.48. The lowest BCUT2D eigenvalue weighted by atomic mass is 9.61. The molecule has 2 nitrogen and oxygen atoms in total. The normalized spacial score (nSPS) is 32.5. The molecule has 0 bridgehead atoms. The number of benzene rings is 1. The van der Waals surface area contributed by atoms with Crippen molar-refractivity contribution in [1.82, 2.24) is 4.90 Å². The Hall–Kier alpha value is -1.28. The maximum atomic E-state index is 9.91. The van der Waals surface area contributed by atoms with Gasteiger partial charge in [-0.1, -0.05) is 30.7 Å². The zero-order chi connectivity index (χ0) is 15.0. The van der Waals surface area contributed by atoms with Gasteiger partial charge in [0, 0.05) is 18.5 Å². The quantitative estimate of drug-likeness (QED) is 0.849. The van der Waals surface area contributed by atoms with Crippen LogP contribution in [0.3, 0.4) is 0 Å². The Bertz CT molecular complexity index is 563. The van der Waals surface area contributed by atoms with E-state index in [0.29, 0.717) is 11.7 Å². The van der Waals surface area contributed by atoms with Crippen molar-refractivity contribution < 1.29 is 5.11 Å². The predicted octanol–water partition coefficient (Wildman–Crippen LogP) is 4.10. The molecule has 4 rings (SSSR count). The van der Waals surface area contributed by atoms with Crippen LogP contribution in [0, 0.1) is 11.8 Å². The molecule has 2 aliphatic carbocycles. The van der Waals surface area contributed by atoms with E-state index in [9.17, 15) is 5.11 Å². The molecular formula is C20H27NO. The van der Waals surface area contributed by atoms with E-state index in [1.165, 1.54) is 57.3 Å². The van der Waals surface area contributed by atoms with Crippen LogP contribution in [0.15, 0.2) is 36.4 Å². The standard InChI is InChI=1S/C20H27NO/c22-19-9-4-8-17(13-19)20-10-2-1-7-18(20)15-21(12-11-20)14-16-5-3-6-16/h1-2,4,8-9,13,16,18,22H,3,5-7,10-12,14-15H2/t18-,20-/m0/s1. The van der Waals surface area contributed by atoms with Gasteiger partial charge in [0.15, 0.2) is 0 Å². The SMILES string of the molecule is Oc1cccc([C@@]23CC=CC[C@H]2CN(CC2CCC2)CC3)c1. The number of aromatic hydroxyl groups is 1. The molecule has 1 N–H and O–H groups in total. The summed E-state index contributed by atoms with van der Waals surface area (Å²) in [5, 5.41) is 9.91. The van der Waals surface area contributed by atoms with Gasteiger partial charge in [0.05, 0.1) is 0 Å². The van der Waals surface area contributed by atoms with Crippen molar-refractivity contribution in [2.75, 3.05) is 19.6 Å². The van der Waals surface area contributed by atoms with E-state index in [4.69, 9.17) is 0 Å². The second-order valence-electron chi connectivity index (χ2n) is 7.62. The number of hydrogen-bond acceptors (Lipinski definition) is 2. The molecule has 1 heterocycles. The summed E-state index contributed by atoms with van der Waals surface area (Å²) in [4.78, 5) is 2.72. The van der Waals surface area contributed by atoms with E-state index in [2.05, 4.69) is 23.1 Å². The highest BCUT2D eigenvalue weighted by atomic mass is 16.3. The van der Waals surface area contributed by atoms with Gasteiger partial charge in [-0.05, 0) is 68.2 Å². The van der Waals surface area contributed by atoms with Gasteiger partial charge < -0.3 is 10.0 Å². The lowest BCUT2D eigenvalue weighted by molar-refractivity contribution is 0.0636. The lowest BCUT2D eigenvalue weighted by Crippen LogP contribution is -2.51. The molecule has 1 aromatic rings. The second-order valence-corrected chi connectivity index (χ2v) is 7.62. The van der Waals surface area contributed by atoms with Crippen molar-refractivity contribution in [3.63, 3.8) is 0 Å². The molecule has 2 fully saturated rings. The highest BCUT2D eigenvalue weighted by Gasteiger charge is 2.44. The topological polar surface area (TPSA) is 23.5 Å². The molecule has 2 atom stereocenters. The van der Waals surface area contributed by atoms with Crippen molar-refractivity contribution in [3.8, 4) is 5.75 Å². The first-order valence-electron chi connectivity index (χ1n) is 8.93. The number of nitrogens with zero attached hydrogens (tertiary/aromatic N) is 1. The van der Waals surface area contributed by atoms with Crippen LogP contribution in [-0.2, 0) is 5.41 Å². The van der Waals surface area contributed by atoms with Crippen LogP contribution in [0.2, 0.25) is 0 Å². The Kier molecular flexibility index (Phi) is 3.73. The van der Waals surface area contributed by atoms with Gasteiger partial charge in [-0.3, -0.25) is 0 Å². The van der Waals surface area contributed by atoms with E-state index in [1.54, 1.807) is 6.07 Å². The number of phenols is 1. The lowest BCUT2D eigenvalue weighted by Gasteiger charge is -2.50. The van der Waals surface area contributed by atoms with Crippen LogP contribution in [0.1, 0.15) is 44.1 Å². The van der Waals surface area contributed by atoms with E-state index < -0.39 is 0 Å². The summed E-state index contributed by atoms with van der Waals surface area (Å²) in [6, 6.07) is 8.04. The molecule has 22 heavy (non-hydrogen) atoms. The third-order valence-corrected chi connectivity index (χ3v) is 6.37. The summed E-state index contributed by atoms with van der Waals surface area (Å²) in [6.45, 7) is 3.77. The van der Waals surface area contributed by atoms with Crippen LogP contribution in [0.5, 0.6) is 5.75 Å². The minimum atomic E-state index is 0.254. The van der Waals surface area contributed by atoms with Crippen molar-refractivity contribution in [2.24, 2.45) is 11.8 Å². The molecule has 0 spiro atoms. The Morgan fingerprint density at radius 3 is 2.91 bits per heavy atom. The van der Waals surface area contributed by atoms with Crippen molar-refractivity contribution in [3.05, 3.63) is 42.0 Å². The van der Waals surface area contributed by atoms with Crippen LogP contribution < -0.4 is 0 Å². The molecule has 2 heteroatoms. The largest absolute Gasteiger partial charge is 0.508 e. The average Bonchev–Trinajstić information content (AvgIpc) is 2.51. The van der Waals surface area contributed by atoms with Crippen molar-refractivity contribution in [2.45, 2.75) is 43.9 Å². The zero-order valence-electron chi connectivity index (χ0n) is 13.4. The zero-order valence-corrected chi connectivity index (χ0v) is 13.4. The number of allylic oxidation sites excluding steroid dienone is 2. The molecule has 1 aliphatic heterocycles. The van der Waals surface area contributed by atoms with Crippen molar-refractivity contribution in [1.29, 1.82) is 0 Å². The third-order valence-electron chi connectivity index (χ3n) is 6.37. The number of piperidine rings is 1. The minimum Gasteiger partial charge on any atom is -0.508 e. The number of likely N-dealkylation sites (tertiary alicyclic amines) is 1. The fourth-order valence-corrected chi connectivity index (χ4v) is 4.78. The predicted molar refractivity (Wildman–Crippen MR) is 90.0 cm³/mol. The van der Waals surface area contributed by atoms with E-state index in [1.807, 2.05) is 12.1 Å². The molecule has 1 aromatic carbocycles. The average molecular weight is 297 g/mol. The fraction of sp³-hybridized carbons (Fsp3) is 0.600. The Morgan fingerprint density at radius 1 is 1.23 bits per heavy atom. The van der Waals surface area contributed by atoms with Crippen LogP contribution >= 0.6 is 0 Å². The highest BCUT2D eigenvalue weighted by molar-refractivity contribution is 5.36. The molecule has 0 unspecified atom stereocenters. The summed E-state index contributed by atoms with van der Waals surface area (Å²) < 4.78 is 0. The monoisotopic (exact) mass is 297 g/mol. The maximum absolute atomic E-state index is 9.91. The van der Waals surface area contributed by atoms with E-state index in [-0.39, 0.29) is 5.41 Å². The summed E-state index contributed by atoms with van der Waals surface area (Å²) >= 11 is 0. The second kappa shape index (κ2) is 5.73.